The molecule has 0 heterocycles. The molecule has 0 bridgehead atoms. The Morgan fingerprint density at radius 3 is 1.41 bits per heavy atom. The fourth-order valence-corrected chi connectivity index (χ4v) is 8.33. The van der Waals surface area contributed by atoms with Crippen molar-refractivity contribution >= 4 is 32.3 Å². The smallest absolute Gasteiger partial charge is 0.207 e. The van der Waals surface area contributed by atoms with Crippen molar-refractivity contribution in [2.24, 2.45) is 0 Å². The van der Waals surface area contributed by atoms with Crippen LogP contribution in [0.25, 0.3) is 54.6 Å². The number of rotatable bonds is 0. The van der Waals surface area contributed by atoms with Crippen LogP contribution in [0.1, 0.15) is 66.6 Å². The van der Waals surface area contributed by atoms with Gasteiger partial charge in [0.2, 0.25) is 0 Å². The van der Waals surface area contributed by atoms with Gasteiger partial charge in [-0.2, -0.15) is 26.3 Å². The Bertz CT molecular complexity index is 2100. The molecule has 2 aliphatic rings. The van der Waals surface area contributed by atoms with Crippen molar-refractivity contribution in [1.82, 2.24) is 0 Å². The topological polar surface area (TPSA) is 0 Å². The van der Waals surface area contributed by atoms with Gasteiger partial charge in [-0.1, -0.05) is 45.9 Å². The SMILES string of the molecule is Cc1cc2cc3c4c(c(F)cc5cc6c(c1C(C)(C)c1cc(C(F)(F)F)ccc1-6)c2c54)C(C)(C)c1cc(C(F)(F)F)ccc1-3. The Labute approximate surface area is 248 Å². The summed E-state index contributed by atoms with van der Waals surface area (Å²) in [7, 11) is 0. The summed E-state index contributed by atoms with van der Waals surface area (Å²) >= 11 is 0. The molecule has 8 rings (SSSR count). The molecule has 6 aromatic rings. The molecule has 0 saturated heterocycles. The summed E-state index contributed by atoms with van der Waals surface area (Å²) in [6.07, 6.45) is -9.05. The van der Waals surface area contributed by atoms with E-state index in [4.69, 9.17) is 0 Å². The molecule has 44 heavy (non-hydrogen) atoms. The second-order valence-electron chi connectivity index (χ2n) is 13.4. The third-order valence-electron chi connectivity index (χ3n) is 10.1. The van der Waals surface area contributed by atoms with Crippen LogP contribution in [0.3, 0.4) is 0 Å². The molecule has 0 fully saturated rings. The Balaban J connectivity index is 1.57. The van der Waals surface area contributed by atoms with Gasteiger partial charge in [0.05, 0.1) is 11.1 Å². The fraction of sp³-hybridized carbons (Fsp3) is 0.243. The number of aryl methyl sites for hydroxylation is 1. The molecule has 0 atom stereocenters. The van der Waals surface area contributed by atoms with E-state index in [9.17, 15) is 26.3 Å². The molecular weight excluding hydrogens is 577 g/mol. The molecule has 2 aliphatic carbocycles. The van der Waals surface area contributed by atoms with Crippen molar-refractivity contribution in [3.05, 3.63) is 105 Å². The van der Waals surface area contributed by atoms with Gasteiger partial charge in [-0.15, -0.1) is 0 Å². The highest BCUT2D eigenvalue weighted by Gasteiger charge is 2.42. The average Bonchev–Trinajstić information content (AvgIpc) is 2.92. The van der Waals surface area contributed by atoms with Crippen LogP contribution in [-0.4, -0.2) is 0 Å². The van der Waals surface area contributed by atoms with E-state index in [0.717, 1.165) is 56.4 Å². The predicted octanol–water partition coefficient (Wildman–Crippen LogP) is 11.7. The molecule has 6 aromatic carbocycles. The van der Waals surface area contributed by atoms with E-state index in [0.29, 0.717) is 44.2 Å². The Kier molecular flexibility index (Phi) is 4.94. The lowest BCUT2D eigenvalue weighted by molar-refractivity contribution is -0.138. The van der Waals surface area contributed by atoms with Gasteiger partial charge in [-0.3, -0.25) is 0 Å². The monoisotopic (exact) mass is 602 g/mol. The molecule has 0 radical (unpaired) electrons. The zero-order valence-electron chi connectivity index (χ0n) is 24.4. The third kappa shape index (κ3) is 3.25. The zero-order chi connectivity index (χ0) is 31.5. The highest BCUT2D eigenvalue weighted by molar-refractivity contribution is 6.31. The second-order valence-corrected chi connectivity index (χ2v) is 13.4. The maximum Gasteiger partial charge on any atom is 0.416 e. The number of hydrogen-bond acceptors (Lipinski definition) is 0. The van der Waals surface area contributed by atoms with Gasteiger partial charge in [0, 0.05) is 16.4 Å². The van der Waals surface area contributed by atoms with Crippen LogP contribution >= 0.6 is 0 Å². The van der Waals surface area contributed by atoms with E-state index in [2.05, 4.69) is 0 Å². The first-order valence-corrected chi connectivity index (χ1v) is 14.4. The number of fused-ring (bicyclic) bond motifs is 4. The molecule has 0 N–H and O–H groups in total. The lowest BCUT2D eigenvalue weighted by Crippen LogP contribution is -2.27. The predicted molar refractivity (Wildman–Crippen MR) is 160 cm³/mol. The van der Waals surface area contributed by atoms with Crippen LogP contribution < -0.4 is 0 Å². The van der Waals surface area contributed by atoms with E-state index in [-0.39, 0.29) is 0 Å². The van der Waals surface area contributed by atoms with E-state index < -0.39 is 40.1 Å². The van der Waals surface area contributed by atoms with E-state index in [1.165, 1.54) is 24.3 Å². The minimum Gasteiger partial charge on any atom is -0.207 e. The van der Waals surface area contributed by atoms with Crippen LogP contribution in [-0.2, 0) is 23.2 Å². The van der Waals surface area contributed by atoms with Crippen molar-refractivity contribution in [3.8, 4) is 22.3 Å². The summed E-state index contributed by atoms with van der Waals surface area (Å²) in [6.45, 7) is 9.33. The highest BCUT2D eigenvalue weighted by atomic mass is 19.4. The molecule has 222 valence electrons. The Morgan fingerprint density at radius 1 is 0.500 bits per heavy atom. The minimum absolute atomic E-state index is 0.344. The van der Waals surface area contributed by atoms with E-state index in [1.54, 1.807) is 13.8 Å². The van der Waals surface area contributed by atoms with E-state index in [1.807, 2.05) is 39.0 Å². The Hall–Kier alpha value is -4.13. The van der Waals surface area contributed by atoms with Crippen LogP contribution in [0.5, 0.6) is 0 Å². The summed E-state index contributed by atoms with van der Waals surface area (Å²) in [5.41, 5.74) is 2.49. The number of benzene rings is 6. The summed E-state index contributed by atoms with van der Waals surface area (Å²) in [4.78, 5) is 0. The van der Waals surface area contributed by atoms with Gasteiger partial charge >= 0.3 is 12.4 Å². The molecule has 0 amide bonds. The van der Waals surface area contributed by atoms with Gasteiger partial charge in [0.25, 0.3) is 0 Å². The summed E-state index contributed by atoms with van der Waals surface area (Å²) in [5.74, 6) is -0.530. The first kappa shape index (κ1) is 27.4. The molecule has 7 heteroatoms. The summed E-state index contributed by atoms with van der Waals surface area (Å²) in [6, 6.07) is 14.8. The van der Waals surface area contributed by atoms with Gasteiger partial charge in [0.1, 0.15) is 5.82 Å². The van der Waals surface area contributed by atoms with Crippen molar-refractivity contribution in [2.45, 2.75) is 57.8 Å². The average molecular weight is 603 g/mol. The molecule has 0 aliphatic heterocycles. The van der Waals surface area contributed by atoms with Crippen LogP contribution in [0.15, 0.2) is 60.7 Å². The van der Waals surface area contributed by atoms with Gasteiger partial charge in [-0.05, 0) is 126 Å². The van der Waals surface area contributed by atoms with Crippen molar-refractivity contribution in [3.63, 3.8) is 0 Å². The first-order chi connectivity index (χ1) is 20.4. The molecule has 0 saturated carbocycles. The van der Waals surface area contributed by atoms with Crippen LogP contribution in [0.4, 0.5) is 30.7 Å². The molecule has 0 unspecified atom stereocenters. The standard InChI is InChI=1S/C37H25F7/c1-16-10-17-11-24-22-9-7-20(37(42,43)44)15-26(22)35(4,5)33-27(38)13-18-12-23-21-8-6-19(36(39,40)41)14-25(21)34(2,3)32(16)30(23)28(17)29(18)31(24)33/h6-15H,1-5H3. The van der Waals surface area contributed by atoms with Gasteiger partial charge in [-0.25, -0.2) is 4.39 Å². The van der Waals surface area contributed by atoms with Crippen molar-refractivity contribution in [2.75, 3.05) is 0 Å². The molecule has 0 spiro atoms. The number of alkyl halides is 6. The van der Waals surface area contributed by atoms with Gasteiger partial charge in [0.15, 0.2) is 0 Å². The maximum absolute atomic E-state index is 16.3. The first-order valence-electron chi connectivity index (χ1n) is 14.4. The number of hydrogen-bond donors (Lipinski definition) is 0. The molecule has 0 aromatic heterocycles. The van der Waals surface area contributed by atoms with Crippen molar-refractivity contribution < 1.29 is 30.7 Å². The Morgan fingerprint density at radius 2 is 0.932 bits per heavy atom. The second kappa shape index (κ2) is 7.92. The normalized spacial score (nSPS) is 16.5. The quantitative estimate of drug-likeness (QED) is 0.120. The van der Waals surface area contributed by atoms with E-state index >= 15 is 4.39 Å². The number of halogens is 7. The molecular formula is C37H25F7. The molecule has 0 nitrogen and oxygen atoms in total. The fourth-order valence-electron chi connectivity index (χ4n) is 8.33. The lowest BCUT2D eigenvalue weighted by Gasteiger charge is -2.39. The largest absolute Gasteiger partial charge is 0.416 e. The van der Waals surface area contributed by atoms with Crippen LogP contribution in [0.2, 0.25) is 0 Å². The summed E-state index contributed by atoms with van der Waals surface area (Å²) < 4.78 is 99.2. The highest BCUT2D eigenvalue weighted by Crippen LogP contribution is 2.58. The summed E-state index contributed by atoms with van der Waals surface area (Å²) in [5, 5.41) is 4.75. The van der Waals surface area contributed by atoms with Crippen LogP contribution in [0, 0.1) is 12.7 Å². The third-order valence-corrected chi connectivity index (χ3v) is 10.1. The van der Waals surface area contributed by atoms with Crippen molar-refractivity contribution in [1.29, 1.82) is 0 Å². The zero-order valence-corrected chi connectivity index (χ0v) is 24.4. The minimum atomic E-state index is -4.55. The lowest BCUT2D eigenvalue weighted by atomic mass is 9.63. The van der Waals surface area contributed by atoms with Gasteiger partial charge < -0.3 is 0 Å². The maximum atomic E-state index is 16.3.